The number of aliphatic carboxylic acids is 1. The molecule has 0 aliphatic rings. The van der Waals surface area contributed by atoms with Crippen LogP contribution >= 0.6 is 11.6 Å². The molecule has 2 N–H and O–H groups in total. The second-order valence-corrected chi connectivity index (χ2v) is 4.31. The molecule has 6 nitrogen and oxygen atoms in total. The zero-order valence-electron chi connectivity index (χ0n) is 12.1. The molecule has 1 aromatic carbocycles. The first-order valence-corrected chi connectivity index (χ1v) is 6.54. The maximum Gasteiger partial charge on any atom is 0.391 e. The molecule has 116 valence electrons. The van der Waals surface area contributed by atoms with E-state index in [9.17, 15) is 14.4 Å². The van der Waals surface area contributed by atoms with Crippen LogP contribution in [0.3, 0.4) is 0 Å². The van der Waals surface area contributed by atoms with Gasteiger partial charge < -0.3 is 15.2 Å². The number of halogens is 1. The van der Waals surface area contributed by atoms with E-state index in [1.165, 1.54) is 0 Å². The molecule has 0 fully saturated rings. The van der Waals surface area contributed by atoms with Crippen molar-refractivity contribution < 1.29 is 24.2 Å². The van der Waals surface area contributed by atoms with E-state index >= 15 is 0 Å². The molecular weight excluding hydrogens is 298 g/mol. The van der Waals surface area contributed by atoms with Crippen LogP contribution < -0.4 is 5.32 Å². The third kappa shape index (κ3) is 7.43. The highest BCUT2D eigenvalue weighted by atomic mass is 35.5. The minimum atomic E-state index is -1.08. The van der Waals surface area contributed by atoms with Gasteiger partial charge >= 0.3 is 17.2 Å². The van der Waals surface area contributed by atoms with Gasteiger partial charge in [-0.1, -0.05) is 29.8 Å². The molecule has 1 rings (SSSR count). The Morgan fingerprint density at radius 1 is 1.29 bits per heavy atom. The quantitative estimate of drug-likeness (QED) is 0.487. The summed E-state index contributed by atoms with van der Waals surface area (Å²) in [5, 5.41) is 10.5. The molecule has 0 heterocycles. The van der Waals surface area contributed by atoms with Gasteiger partial charge in [-0.3, -0.25) is 9.59 Å². The highest BCUT2D eigenvalue weighted by Crippen LogP contribution is 2.13. The topological polar surface area (TPSA) is 92.7 Å². The molecule has 0 aliphatic carbocycles. The lowest BCUT2D eigenvalue weighted by molar-refractivity contribution is -0.149. The van der Waals surface area contributed by atoms with Crippen LogP contribution in [-0.2, 0) is 19.1 Å². The molecule has 0 saturated carbocycles. The van der Waals surface area contributed by atoms with Gasteiger partial charge in [-0.05, 0) is 38.1 Å². The molecule has 0 aliphatic heterocycles. The molecule has 0 bridgehead atoms. The van der Waals surface area contributed by atoms with Crippen molar-refractivity contribution in [2.24, 2.45) is 0 Å². The van der Waals surface area contributed by atoms with E-state index in [1.807, 2.05) is 31.2 Å². The number of likely N-dealkylation sites (N-methyl/N-ethyl adjacent to an activating group) is 1. The Morgan fingerprint density at radius 2 is 1.81 bits per heavy atom. The van der Waals surface area contributed by atoms with Crippen LogP contribution in [0.25, 0.3) is 0 Å². The zero-order chi connectivity index (χ0) is 16.4. The first-order valence-electron chi connectivity index (χ1n) is 6.16. The number of benzene rings is 1. The summed E-state index contributed by atoms with van der Waals surface area (Å²) in [6.07, 6.45) is 0. The monoisotopic (exact) mass is 315 g/mol. The first kappa shape index (κ1) is 19.1. The average Bonchev–Trinajstić information content (AvgIpc) is 2.42. The van der Waals surface area contributed by atoms with E-state index < -0.39 is 23.2 Å². The van der Waals surface area contributed by atoms with Crippen LogP contribution in [0.15, 0.2) is 24.3 Å². The van der Waals surface area contributed by atoms with Crippen molar-refractivity contribution in [2.75, 3.05) is 13.7 Å². The predicted molar refractivity (Wildman–Crippen MR) is 78.1 cm³/mol. The van der Waals surface area contributed by atoms with Crippen LogP contribution in [0.5, 0.6) is 0 Å². The molecule has 0 saturated heterocycles. The second-order valence-electron chi connectivity index (χ2n) is 3.96. The molecule has 0 spiro atoms. The number of nitrogens with one attached hydrogen (secondary N) is 1. The van der Waals surface area contributed by atoms with Crippen molar-refractivity contribution in [3.05, 3.63) is 35.4 Å². The third-order valence-corrected chi connectivity index (χ3v) is 2.54. The number of ether oxygens (including phenoxy) is 1. The number of carboxylic acids is 1. The van der Waals surface area contributed by atoms with Crippen molar-refractivity contribution in [1.82, 2.24) is 5.32 Å². The van der Waals surface area contributed by atoms with Gasteiger partial charge in [0.25, 0.3) is 0 Å². The van der Waals surface area contributed by atoms with Crippen molar-refractivity contribution in [2.45, 2.75) is 19.9 Å². The highest BCUT2D eigenvalue weighted by Gasteiger charge is 2.16. The fourth-order valence-electron chi connectivity index (χ4n) is 1.38. The molecule has 0 amide bonds. The fourth-order valence-corrected chi connectivity index (χ4v) is 1.43. The molecular formula is C14H18ClNO5. The SMILES string of the molecule is CCOC(=O)C(=O)Cl.CNC(C(=O)O)c1ccc(C)cc1. The molecule has 1 unspecified atom stereocenters. The molecule has 0 radical (unpaired) electrons. The van der Waals surface area contributed by atoms with Crippen LogP contribution in [-0.4, -0.2) is 35.9 Å². The summed E-state index contributed by atoms with van der Waals surface area (Å²) < 4.78 is 4.18. The van der Waals surface area contributed by atoms with Crippen LogP contribution in [0.1, 0.15) is 24.1 Å². The number of carbonyl (C=O) groups is 3. The minimum Gasteiger partial charge on any atom is -0.480 e. The Kier molecular flexibility index (Phi) is 9.00. The Balaban J connectivity index is 0.000000433. The number of carbonyl (C=O) groups excluding carboxylic acids is 2. The smallest absolute Gasteiger partial charge is 0.391 e. The number of carboxylic acid groups (broad SMARTS) is 1. The van der Waals surface area contributed by atoms with Crippen molar-refractivity contribution in [3.8, 4) is 0 Å². The average molecular weight is 316 g/mol. The number of hydrogen-bond acceptors (Lipinski definition) is 5. The van der Waals surface area contributed by atoms with E-state index in [0.717, 1.165) is 11.1 Å². The first-order chi connectivity index (χ1) is 9.83. The van der Waals surface area contributed by atoms with E-state index in [-0.39, 0.29) is 6.61 Å². The van der Waals surface area contributed by atoms with Gasteiger partial charge in [0.05, 0.1) is 6.61 Å². The fraction of sp³-hybridized carbons (Fsp3) is 0.357. The number of esters is 1. The molecule has 21 heavy (non-hydrogen) atoms. The standard InChI is InChI=1S/C10H13NO2.C4H5ClO3/c1-7-3-5-8(6-4-7)9(11-2)10(12)13;1-2-8-4(7)3(5)6/h3-6,9,11H,1-2H3,(H,12,13);2H2,1H3. The summed E-state index contributed by atoms with van der Waals surface area (Å²) in [5.74, 6) is -1.85. The Hall–Kier alpha value is -1.92. The second kappa shape index (κ2) is 9.90. The maximum atomic E-state index is 10.8. The molecule has 7 heteroatoms. The summed E-state index contributed by atoms with van der Waals surface area (Å²) >= 11 is 4.69. The lowest BCUT2D eigenvalue weighted by Crippen LogP contribution is -2.24. The molecule has 1 atom stereocenters. The van der Waals surface area contributed by atoms with Gasteiger partial charge in [-0.25, -0.2) is 4.79 Å². The van der Waals surface area contributed by atoms with Gasteiger partial charge in [0, 0.05) is 0 Å². The number of rotatable bonds is 5. The van der Waals surface area contributed by atoms with Crippen molar-refractivity contribution in [1.29, 1.82) is 0 Å². The van der Waals surface area contributed by atoms with Gasteiger partial charge in [-0.2, -0.15) is 0 Å². The number of aryl methyl sites for hydroxylation is 1. The molecule has 1 aromatic rings. The maximum absolute atomic E-state index is 10.8. The van der Waals surface area contributed by atoms with E-state index in [0.29, 0.717) is 0 Å². The van der Waals surface area contributed by atoms with Gasteiger partial charge in [0.15, 0.2) is 0 Å². The van der Waals surface area contributed by atoms with E-state index in [4.69, 9.17) is 16.7 Å². The van der Waals surface area contributed by atoms with Crippen molar-refractivity contribution in [3.63, 3.8) is 0 Å². The third-order valence-electron chi connectivity index (χ3n) is 2.38. The Bertz CT molecular complexity index is 487. The van der Waals surface area contributed by atoms with E-state index in [2.05, 4.69) is 10.1 Å². The zero-order valence-corrected chi connectivity index (χ0v) is 12.8. The summed E-state index contributed by atoms with van der Waals surface area (Å²) in [7, 11) is 1.64. The Labute approximate surface area is 128 Å². The van der Waals surface area contributed by atoms with Gasteiger partial charge in [0.2, 0.25) is 0 Å². The summed E-state index contributed by atoms with van der Waals surface area (Å²) in [6.45, 7) is 3.74. The Morgan fingerprint density at radius 3 is 2.10 bits per heavy atom. The minimum absolute atomic E-state index is 0.178. The normalized spacial score (nSPS) is 10.9. The lowest BCUT2D eigenvalue weighted by atomic mass is 10.1. The van der Waals surface area contributed by atoms with Gasteiger partial charge in [-0.15, -0.1) is 0 Å². The van der Waals surface area contributed by atoms with Crippen LogP contribution in [0.4, 0.5) is 0 Å². The summed E-state index contributed by atoms with van der Waals surface area (Å²) in [6, 6.07) is 6.85. The van der Waals surface area contributed by atoms with Crippen molar-refractivity contribution >= 4 is 28.8 Å². The molecule has 0 aromatic heterocycles. The summed E-state index contributed by atoms with van der Waals surface area (Å²) in [4.78, 5) is 30.6. The lowest BCUT2D eigenvalue weighted by Gasteiger charge is -2.11. The highest BCUT2D eigenvalue weighted by molar-refractivity contribution is 6.80. The summed E-state index contributed by atoms with van der Waals surface area (Å²) in [5.41, 5.74) is 1.91. The van der Waals surface area contributed by atoms with Gasteiger partial charge in [0.1, 0.15) is 6.04 Å². The number of hydrogen-bond donors (Lipinski definition) is 2. The largest absolute Gasteiger partial charge is 0.480 e. The van der Waals surface area contributed by atoms with Crippen LogP contribution in [0.2, 0.25) is 0 Å². The van der Waals surface area contributed by atoms with Crippen LogP contribution in [0, 0.1) is 6.92 Å². The van der Waals surface area contributed by atoms with E-state index in [1.54, 1.807) is 14.0 Å². The predicted octanol–water partition coefficient (Wildman–Crippen LogP) is 1.66.